The van der Waals surface area contributed by atoms with E-state index in [4.69, 9.17) is 0 Å². The molecule has 0 unspecified atom stereocenters. The van der Waals surface area contributed by atoms with Gasteiger partial charge in [0.25, 0.3) is 11.8 Å². The summed E-state index contributed by atoms with van der Waals surface area (Å²) < 4.78 is 0. The Labute approximate surface area is 157 Å². The number of benzene rings is 1. The monoisotopic (exact) mass is 363 g/mol. The molecule has 0 saturated carbocycles. The highest BCUT2D eigenvalue weighted by atomic mass is 16.2. The Kier molecular flexibility index (Phi) is 4.58. The average Bonchev–Trinajstić information content (AvgIpc) is 3.16. The van der Waals surface area contributed by atoms with Crippen LogP contribution < -0.4 is 0 Å². The van der Waals surface area contributed by atoms with E-state index in [0.717, 1.165) is 23.3 Å². The summed E-state index contributed by atoms with van der Waals surface area (Å²) in [6.07, 6.45) is 2.44. The molecule has 3 heterocycles. The van der Waals surface area contributed by atoms with E-state index in [2.05, 4.69) is 15.0 Å². The molecule has 0 aliphatic carbocycles. The Morgan fingerprint density at radius 2 is 1.78 bits per heavy atom. The molecular formula is C20H21N5O2. The van der Waals surface area contributed by atoms with Crippen LogP contribution in [-0.2, 0) is 6.42 Å². The van der Waals surface area contributed by atoms with Gasteiger partial charge in [0, 0.05) is 44.4 Å². The van der Waals surface area contributed by atoms with Crippen molar-refractivity contribution in [2.75, 3.05) is 26.2 Å². The molecule has 7 heteroatoms. The fraction of sp³-hybridized carbons (Fsp3) is 0.300. The Bertz CT molecular complexity index is 974. The number of aryl methyl sites for hydroxylation is 1. The van der Waals surface area contributed by atoms with E-state index in [9.17, 15) is 9.59 Å². The van der Waals surface area contributed by atoms with Crippen molar-refractivity contribution in [2.45, 2.75) is 13.3 Å². The van der Waals surface area contributed by atoms with Crippen LogP contribution in [0, 0.1) is 0 Å². The maximum atomic E-state index is 12.8. The molecule has 1 aliphatic rings. The Balaban J connectivity index is 1.43. The van der Waals surface area contributed by atoms with E-state index in [1.165, 1.54) is 0 Å². The maximum Gasteiger partial charge on any atom is 0.272 e. The van der Waals surface area contributed by atoms with Crippen molar-refractivity contribution in [3.63, 3.8) is 0 Å². The molecule has 0 spiro atoms. The standard InChI is InChI=1S/C20H21N5O2/c1-2-18-22-15-7-6-14(13-17(15)23-18)19(26)24-9-11-25(12-10-24)20(27)16-5-3-4-8-21-16/h3-8,13H,2,9-12H2,1H3,(H,22,23). The van der Waals surface area contributed by atoms with E-state index >= 15 is 0 Å². The normalized spacial score (nSPS) is 14.6. The lowest BCUT2D eigenvalue weighted by Crippen LogP contribution is -2.50. The molecule has 1 fully saturated rings. The summed E-state index contributed by atoms with van der Waals surface area (Å²) >= 11 is 0. The number of carbonyl (C=O) groups excluding carboxylic acids is 2. The second kappa shape index (κ2) is 7.19. The van der Waals surface area contributed by atoms with Crippen molar-refractivity contribution >= 4 is 22.8 Å². The molecule has 1 saturated heterocycles. The topological polar surface area (TPSA) is 82.2 Å². The lowest BCUT2D eigenvalue weighted by atomic mass is 10.1. The first kappa shape index (κ1) is 17.2. The van der Waals surface area contributed by atoms with Crippen molar-refractivity contribution in [3.05, 3.63) is 59.7 Å². The highest BCUT2D eigenvalue weighted by molar-refractivity contribution is 5.98. The number of pyridine rings is 1. The van der Waals surface area contributed by atoms with Gasteiger partial charge in [-0.25, -0.2) is 4.98 Å². The van der Waals surface area contributed by atoms with Gasteiger partial charge in [0.05, 0.1) is 11.0 Å². The molecule has 2 amide bonds. The predicted molar refractivity (Wildman–Crippen MR) is 102 cm³/mol. The number of hydrogen-bond donors (Lipinski definition) is 1. The molecule has 1 N–H and O–H groups in total. The fourth-order valence-electron chi connectivity index (χ4n) is 3.31. The molecule has 3 aromatic rings. The Morgan fingerprint density at radius 3 is 2.44 bits per heavy atom. The number of piperazine rings is 1. The van der Waals surface area contributed by atoms with Gasteiger partial charge in [-0.3, -0.25) is 14.6 Å². The minimum Gasteiger partial charge on any atom is -0.342 e. The molecule has 2 aromatic heterocycles. The summed E-state index contributed by atoms with van der Waals surface area (Å²) in [5, 5.41) is 0. The molecular weight excluding hydrogens is 342 g/mol. The summed E-state index contributed by atoms with van der Waals surface area (Å²) in [5.74, 6) is 0.805. The number of hydrogen-bond acceptors (Lipinski definition) is 4. The van der Waals surface area contributed by atoms with E-state index < -0.39 is 0 Å². The van der Waals surface area contributed by atoms with Crippen LogP contribution in [0.4, 0.5) is 0 Å². The largest absolute Gasteiger partial charge is 0.342 e. The fourth-order valence-corrected chi connectivity index (χ4v) is 3.31. The summed E-state index contributed by atoms with van der Waals surface area (Å²) in [4.78, 5) is 40.7. The quantitative estimate of drug-likeness (QED) is 0.773. The number of fused-ring (bicyclic) bond motifs is 1. The number of nitrogens with zero attached hydrogens (tertiary/aromatic N) is 4. The summed E-state index contributed by atoms with van der Waals surface area (Å²) in [6, 6.07) is 10.8. The van der Waals surface area contributed by atoms with Crippen LogP contribution in [0.3, 0.4) is 0 Å². The van der Waals surface area contributed by atoms with Gasteiger partial charge < -0.3 is 14.8 Å². The van der Waals surface area contributed by atoms with Crippen molar-refractivity contribution < 1.29 is 9.59 Å². The van der Waals surface area contributed by atoms with E-state index in [0.29, 0.717) is 37.4 Å². The van der Waals surface area contributed by atoms with E-state index in [-0.39, 0.29) is 11.8 Å². The van der Waals surface area contributed by atoms with Crippen molar-refractivity contribution in [1.29, 1.82) is 0 Å². The Hall–Kier alpha value is -3.22. The van der Waals surface area contributed by atoms with Crippen LogP contribution in [0.25, 0.3) is 11.0 Å². The second-order valence-electron chi connectivity index (χ2n) is 6.57. The van der Waals surface area contributed by atoms with Crippen LogP contribution >= 0.6 is 0 Å². The zero-order valence-electron chi connectivity index (χ0n) is 15.2. The van der Waals surface area contributed by atoms with Crippen LogP contribution in [0.15, 0.2) is 42.6 Å². The number of carbonyl (C=O) groups is 2. The third kappa shape index (κ3) is 3.40. The highest BCUT2D eigenvalue weighted by Crippen LogP contribution is 2.17. The molecule has 0 atom stereocenters. The highest BCUT2D eigenvalue weighted by Gasteiger charge is 2.26. The minimum absolute atomic E-state index is 0.0190. The Morgan fingerprint density at radius 1 is 1.04 bits per heavy atom. The first-order valence-electron chi connectivity index (χ1n) is 9.14. The number of imidazole rings is 1. The molecule has 138 valence electrons. The van der Waals surface area contributed by atoms with Gasteiger partial charge in [0.15, 0.2) is 0 Å². The third-order valence-corrected chi connectivity index (χ3v) is 4.85. The van der Waals surface area contributed by atoms with Gasteiger partial charge in [-0.1, -0.05) is 13.0 Å². The van der Waals surface area contributed by atoms with Gasteiger partial charge in [-0.15, -0.1) is 0 Å². The first-order chi connectivity index (χ1) is 13.2. The SMILES string of the molecule is CCc1nc2ccc(C(=O)N3CCN(C(=O)c4ccccn4)CC3)cc2[nH]1. The smallest absolute Gasteiger partial charge is 0.272 e. The lowest BCUT2D eigenvalue weighted by Gasteiger charge is -2.34. The molecule has 0 radical (unpaired) electrons. The molecule has 0 bridgehead atoms. The molecule has 27 heavy (non-hydrogen) atoms. The van der Waals surface area contributed by atoms with Gasteiger partial charge in [0.1, 0.15) is 11.5 Å². The van der Waals surface area contributed by atoms with E-state index in [1.54, 1.807) is 34.2 Å². The van der Waals surface area contributed by atoms with Gasteiger partial charge in [-0.2, -0.15) is 0 Å². The lowest BCUT2D eigenvalue weighted by molar-refractivity contribution is 0.0532. The van der Waals surface area contributed by atoms with Gasteiger partial charge in [-0.05, 0) is 30.3 Å². The summed E-state index contributed by atoms with van der Waals surface area (Å²) in [6.45, 7) is 4.08. The predicted octanol–water partition coefficient (Wildman–Crippen LogP) is 2.12. The summed E-state index contributed by atoms with van der Waals surface area (Å²) in [7, 11) is 0. The van der Waals surface area contributed by atoms with Crippen molar-refractivity contribution in [2.24, 2.45) is 0 Å². The minimum atomic E-state index is -0.0892. The van der Waals surface area contributed by atoms with Crippen LogP contribution in [0.5, 0.6) is 0 Å². The third-order valence-electron chi connectivity index (χ3n) is 4.85. The van der Waals surface area contributed by atoms with Crippen LogP contribution in [-0.4, -0.2) is 62.7 Å². The number of amides is 2. The number of aromatic nitrogens is 3. The van der Waals surface area contributed by atoms with E-state index in [1.807, 2.05) is 25.1 Å². The van der Waals surface area contributed by atoms with Crippen molar-refractivity contribution in [1.82, 2.24) is 24.8 Å². The van der Waals surface area contributed by atoms with Crippen LogP contribution in [0.1, 0.15) is 33.6 Å². The van der Waals surface area contributed by atoms with Gasteiger partial charge >= 0.3 is 0 Å². The number of aromatic amines is 1. The molecule has 7 nitrogen and oxygen atoms in total. The zero-order chi connectivity index (χ0) is 18.8. The number of rotatable bonds is 3. The van der Waals surface area contributed by atoms with Gasteiger partial charge in [0.2, 0.25) is 0 Å². The number of nitrogens with one attached hydrogen (secondary N) is 1. The molecule has 1 aromatic carbocycles. The number of H-pyrrole nitrogens is 1. The average molecular weight is 363 g/mol. The molecule has 1 aliphatic heterocycles. The zero-order valence-corrected chi connectivity index (χ0v) is 15.2. The molecule has 4 rings (SSSR count). The van der Waals surface area contributed by atoms with Crippen molar-refractivity contribution in [3.8, 4) is 0 Å². The van der Waals surface area contributed by atoms with Crippen LogP contribution in [0.2, 0.25) is 0 Å². The summed E-state index contributed by atoms with van der Waals surface area (Å²) in [5.41, 5.74) is 2.82. The first-order valence-corrected chi connectivity index (χ1v) is 9.14. The maximum absolute atomic E-state index is 12.8. The second-order valence-corrected chi connectivity index (χ2v) is 6.57.